The minimum Gasteiger partial charge on any atom is -0.296 e. The molecule has 0 bridgehead atoms. The van der Waals surface area contributed by atoms with Crippen molar-refractivity contribution in [1.82, 2.24) is 10.2 Å². The molecular weight excluding hydrogens is 404 g/mol. The van der Waals surface area contributed by atoms with Gasteiger partial charge in [-0.25, -0.2) is 4.39 Å². The van der Waals surface area contributed by atoms with Gasteiger partial charge in [-0.2, -0.15) is 0 Å². The highest BCUT2D eigenvalue weighted by atomic mass is 35.5. The zero-order chi connectivity index (χ0) is 17.8. The summed E-state index contributed by atoms with van der Waals surface area (Å²) in [6.07, 6.45) is 0. The molecule has 0 aliphatic rings. The van der Waals surface area contributed by atoms with E-state index in [0.29, 0.717) is 31.4 Å². The number of benzene rings is 2. The molecule has 2 aromatic carbocycles. The van der Waals surface area contributed by atoms with Crippen molar-refractivity contribution in [2.45, 2.75) is 10.1 Å². The van der Waals surface area contributed by atoms with Gasteiger partial charge in [0, 0.05) is 10.8 Å². The first-order chi connectivity index (χ1) is 12.0. The van der Waals surface area contributed by atoms with Crippen LogP contribution in [0.25, 0.3) is 0 Å². The normalized spacial score (nSPS) is 10.7. The molecule has 3 aromatic rings. The molecule has 0 aliphatic carbocycles. The van der Waals surface area contributed by atoms with Gasteiger partial charge in [0.2, 0.25) is 5.13 Å². The molecule has 9 heteroatoms. The van der Waals surface area contributed by atoms with Gasteiger partial charge in [-0.15, -0.1) is 10.2 Å². The highest BCUT2D eigenvalue weighted by Crippen LogP contribution is 2.29. The molecule has 0 atom stereocenters. The van der Waals surface area contributed by atoms with Crippen LogP contribution < -0.4 is 5.32 Å². The number of thioether (sulfide) groups is 1. The average molecular weight is 414 g/mol. The predicted molar refractivity (Wildman–Crippen MR) is 100 cm³/mol. The third-order valence-corrected chi connectivity index (χ3v) is 5.68. The van der Waals surface area contributed by atoms with Crippen LogP contribution in [0.1, 0.15) is 15.9 Å². The lowest BCUT2D eigenvalue weighted by Gasteiger charge is -2.03. The van der Waals surface area contributed by atoms with Crippen molar-refractivity contribution in [1.29, 1.82) is 0 Å². The van der Waals surface area contributed by atoms with Crippen LogP contribution in [0.4, 0.5) is 9.52 Å². The molecule has 0 radical (unpaired) electrons. The number of rotatable bonds is 5. The van der Waals surface area contributed by atoms with E-state index in [1.807, 2.05) is 0 Å². The molecule has 0 fully saturated rings. The fraction of sp³-hybridized carbons (Fsp3) is 0.0625. The van der Waals surface area contributed by atoms with Gasteiger partial charge >= 0.3 is 0 Å². The van der Waals surface area contributed by atoms with E-state index in [2.05, 4.69) is 15.5 Å². The van der Waals surface area contributed by atoms with E-state index in [4.69, 9.17) is 23.2 Å². The number of carbonyl (C=O) groups excluding carboxylic acids is 1. The highest BCUT2D eigenvalue weighted by molar-refractivity contribution is 8.00. The van der Waals surface area contributed by atoms with Crippen molar-refractivity contribution >= 4 is 57.3 Å². The molecule has 1 aromatic heterocycles. The van der Waals surface area contributed by atoms with Crippen molar-refractivity contribution in [2.75, 3.05) is 5.32 Å². The van der Waals surface area contributed by atoms with Gasteiger partial charge in [0.1, 0.15) is 5.82 Å². The van der Waals surface area contributed by atoms with E-state index < -0.39 is 5.91 Å². The number of nitrogens with one attached hydrogen (secondary N) is 1. The van der Waals surface area contributed by atoms with Crippen molar-refractivity contribution in [3.8, 4) is 0 Å². The lowest BCUT2D eigenvalue weighted by atomic mass is 10.2. The first-order valence-corrected chi connectivity index (χ1v) is 9.55. The second kappa shape index (κ2) is 8.14. The Kier molecular flexibility index (Phi) is 5.90. The highest BCUT2D eigenvalue weighted by Gasteiger charge is 2.14. The minimum atomic E-state index is -0.400. The molecule has 0 unspecified atom stereocenters. The van der Waals surface area contributed by atoms with Crippen LogP contribution in [0.2, 0.25) is 10.0 Å². The standard InChI is InChI=1S/C16H10Cl2FN3OS2/c17-10-5-6-11(12(18)7-10)14(23)20-15-21-22-16(25-15)24-8-9-3-1-2-4-13(9)19/h1-7H,8H2,(H,20,21,23). The van der Waals surface area contributed by atoms with Gasteiger partial charge in [-0.3, -0.25) is 10.1 Å². The molecule has 0 saturated carbocycles. The van der Waals surface area contributed by atoms with Crippen molar-refractivity contribution in [3.63, 3.8) is 0 Å². The first kappa shape index (κ1) is 18.1. The third kappa shape index (κ3) is 4.70. The summed E-state index contributed by atoms with van der Waals surface area (Å²) < 4.78 is 14.2. The van der Waals surface area contributed by atoms with Gasteiger partial charge in [0.15, 0.2) is 4.34 Å². The molecule has 0 aliphatic heterocycles. The fourth-order valence-corrected chi connectivity index (χ4v) is 4.14. The summed E-state index contributed by atoms with van der Waals surface area (Å²) >= 11 is 14.4. The molecule has 128 valence electrons. The molecule has 4 nitrogen and oxygen atoms in total. The Morgan fingerprint density at radius 2 is 2.00 bits per heavy atom. The Morgan fingerprint density at radius 1 is 1.20 bits per heavy atom. The number of aromatic nitrogens is 2. The lowest BCUT2D eigenvalue weighted by molar-refractivity contribution is 0.102. The predicted octanol–water partition coefficient (Wildman–Crippen LogP) is 5.53. The van der Waals surface area contributed by atoms with Gasteiger partial charge < -0.3 is 0 Å². The lowest BCUT2D eigenvalue weighted by Crippen LogP contribution is -2.12. The van der Waals surface area contributed by atoms with Crippen LogP contribution in [0, 0.1) is 5.82 Å². The molecule has 0 saturated heterocycles. The maximum atomic E-state index is 13.6. The van der Waals surface area contributed by atoms with Gasteiger partial charge in [-0.05, 0) is 29.8 Å². The molecule has 1 heterocycles. The van der Waals surface area contributed by atoms with Gasteiger partial charge in [0.25, 0.3) is 5.91 Å². The van der Waals surface area contributed by atoms with Crippen LogP contribution in [-0.4, -0.2) is 16.1 Å². The number of halogens is 3. The SMILES string of the molecule is O=C(Nc1nnc(SCc2ccccc2F)s1)c1ccc(Cl)cc1Cl. The number of anilines is 1. The maximum Gasteiger partial charge on any atom is 0.259 e. The number of hydrogen-bond donors (Lipinski definition) is 1. The van der Waals surface area contributed by atoms with Crippen molar-refractivity contribution < 1.29 is 9.18 Å². The first-order valence-electron chi connectivity index (χ1n) is 6.99. The largest absolute Gasteiger partial charge is 0.296 e. The number of hydrogen-bond acceptors (Lipinski definition) is 5. The van der Waals surface area contributed by atoms with Gasteiger partial charge in [0.05, 0.1) is 10.6 Å². The molecule has 3 rings (SSSR count). The third-order valence-electron chi connectivity index (χ3n) is 3.11. The van der Waals surface area contributed by atoms with E-state index in [1.54, 1.807) is 24.3 Å². The summed E-state index contributed by atoms with van der Waals surface area (Å²) in [7, 11) is 0. The van der Waals surface area contributed by atoms with E-state index in [1.165, 1.54) is 41.3 Å². The molecular formula is C16H10Cl2FN3OS2. The molecule has 1 N–H and O–H groups in total. The zero-order valence-corrected chi connectivity index (χ0v) is 15.6. The fourth-order valence-electron chi connectivity index (χ4n) is 1.91. The van der Waals surface area contributed by atoms with E-state index in [-0.39, 0.29) is 10.8 Å². The average Bonchev–Trinajstić information content (AvgIpc) is 3.01. The second-order valence-corrected chi connectivity index (χ2v) is 7.88. The Hall–Kier alpha value is -1.67. The Labute approximate surface area is 161 Å². The van der Waals surface area contributed by atoms with Crippen LogP contribution >= 0.6 is 46.3 Å². The monoisotopic (exact) mass is 413 g/mol. The van der Waals surface area contributed by atoms with Crippen LogP contribution in [-0.2, 0) is 5.75 Å². The van der Waals surface area contributed by atoms with Crippen LogP contribution in [0.5, 0.6) is 0 Å². The summed E-state index contributed by atoms with van der Waals surface area (Å²) in [5, 5.41) is 11.6. The number of nitrogens with zero attached hydrogens (tertiary/aromatic N) is 2. The van der Waals surface area contributed by atoms with E-state index >= 15 is 0 Å². The van der Waals surface area contributed by atoms with Crippen molar-refractivity contribution in [2.24, 2.45) is 0 Å². The van der Waals surface area contributed by atoms with Crippen LogP contribution in [0.3, 0.4) is 0 Å². The summed E-state index contributed by atoms with van der Waals surface area (Å²) in [4.78, 5) is 12.2. The summed E-state index contributed by atoms with van der Waals surface area (Å²) in [5.41, 5.74) is 0.878. The molecule has 1 amide bonds. The zero-order valence-electron chi connectivity index (χ0n) is 12.5. The smallest absolute Gasteiger partial charge is 0.259 e. The summed E-state index contributed by atoms with van der Waals surface area (Å²) in [6, 6.07) is 11.2. The van der Waals surface area contributed by atoms with Gasteiger partial charge in [-0.1, -0.05) is 64.5 Å². The Balaban J connectivity index is 1.63. The maximum absolute atomic E-state index is 13.6. The van der Waals surface area contributed by atoms with Crippen molar-refractivity contribution in [3.05, 3.63) is 69.5 Å². The summed E-state index contributed by atoms with van der Waals surface area (Å²) in [6.45, 7) is 0. The van der Waals surface area contributed by atoms with E-state index in [9.17, 15) is 9.18 Å². The van der Waals surface area contributed by atoms with Crippen LogP contribution in [0.15, 0.2) is 46.8 Å². The van der Waals surface area contributed by atoms with E-state index in [0.717, 1.165) is 0 Å². The second-order valence-electron chi connectivity index (χ2n) is 4.83. The topological polar surface area (TPSA) is 54.9 Å². The number of carbonyl (C=O) groups is 1. The summed E-state index contributed by atoms with van der Waals surface area (Å²) in [5.74, 6) is -0.230. The Bertz CT molecular complexity index is 920. The number of amides is 1. The Morgan fingerprint density at radius 3 is 2.76 bits per heavy atom. The quantitative estimate of drug-likeness (QED) is 0.441. The minimum absolute atomic E-state index is 0.253. The molecule has 0 spiro atoms. The molecule has 25 heavy (non-hydrogen) atoms.